The number of carbonyl (C=O) groups excluding carboxylic acids is 5. The monoisotopic (exact) mass is 951 g/mol. The van der Waals surface area contributed by atoms with E-state index in [4.69, 9.17) is 42.6 Å². The zero-order valence-electron chi connectivity index (χ0n) is 40.9. The molecule has 2 saturated carbocycles. The van der Waals surface area contributed by atoms with Crippen LogP contribution in [0.4, 0.5) is 4.79 Å². The van der Waals surface area contributed by atoms with Gasteiger partial charge in [0.2, 0.25) is 0 Å². The van der Waals surface area contributed by atoms with E-state index in [1.54, 1.807) is 109 Å². The summed E-state index contributed by atoms with van der Waals surface area (Å²) in [6.07, 6.45) is -9.79. The van der Waals surface area contributed by atoms with Crippen molar-refractivity contribution in [3.05, 3.63) is 82.9 Å². The highest BCUT2D eigenvalue weighted by atomic mass is 16.6. The standard InChI is InChI=1S/C51H69NO16/c1-11-60-23-25-62-35-27-36-50(29-64-36,67-31(4)53)41-43(66-44(56)33-21-17-14-18-22-33)51(59)28-34(30(3)37(48(51,8)9)40(42(55)49(35,41)10)63-26-24-61-12-2)65-45(57)39(54)38(32-19-15-13-16-20-32)52-46(58)68-47(5,6)7/h13-22,34-36,38-41,43,54,59H,11-12,23-29H2,1-10H3,(H,52,58)/t34-,35-,36+,38-,39+,40+,41-,43-,49+,50-,51+/m0/s1. The summed E-state index contributed by atoms with van der Waals surface area (Å²) in [6, 6.07) is 15.0. The lowest BCUT2D eigenvalue weighted by molar-refractivity contribution is -0.349. The number of amides is 1. The van der Waals surface area contributed by atoms with Crippen molar-refractivity contribution in [2.45, 2.75) is 142 Å². The van der Waals surface area contributed by atoms with E-state index in [1.807, 2.05) is 13.8 Å². The number of benzene rings is 2. The first kappa shape index (κ1) is 52.6. The average Bonchev–Trinajstić information content (AvgIpc) is 3.28. The molecule has 17 heteroatoms. The predicted octanol–water partition coefficient (Wildman–Crippen LogP) is 5.38. The Labute approximate surface area is 398 Å². The van der Waals surface area contributed by atoms with Crippen molar-refractivity contribution in [1.29, 1.82) is 0 Å². The summed E-state index contributed by atoms with van der Waals surface area (Å²) in [5.74, 6) is -4.67. The van der Waals surface area contributed by atoms with Gasteiger partial charge in [0.25, 0.3) is 0 Å². The summed E-state index contributed by atoms with van der Waals surface area (Å²) < 4.78 is 55.3. The molecule has 0 spiro atoms. The second-order valence-corrected chi connectivity index (χ2v) is 19.7. The molecule has 6 rings (SSSR count). The van der Waals surface area contributed by atoms with E-state index in [1.165, 1.54) is 6.92 Å². The first-order chi connectivity index (χ1) is 32.1. The highest BCUT2D eigenvalue weighted by Gasteiger charge is 2.78. The maximum Gasteiger partial charge on any atom is 0.408 e. The largest absolute Gasteiger partial charge is 0.456 e. The Morgan fingerprint density at radius 3 is 2.04 bits per heavy atom. The number of carbonyl (C=O) groups is 5. The Morgan fingerprint density at radius 1 is 0.882 bits per heavy atom. The molecule has 1 aliphatic heterocycles. The first-order valence-corrected chi connectivity index (χ1v) is 23.4. The predicted molar refractivity (Wildman–Crippen MR) is 244 cm³/mol. The third kappa shape index (κ3) is 10.3. The third-order valence-electron chi connectivity index (χ3n) is 14.0. The molecule has 2 aromatic rings. The molecule has 4 aliphatic rings. The number of hydrogen-bond donors (Lipinski definition) is 3. The number of ether oxygens (including phenoxy) is 9. The Hall–Kier alpha value is -4.75. The molecule has 3 aliphatic carbocycles. The van der Waals surface area contributed by atoms with Crippen molar-refractivity contribution >= 4 is 29.8 Å². The minimum Gasteiger partial charge on any atom is -0.456 e. The molecule has 3 N–H and O–H groups in total. The highest BCUT2D eigenvalue weighted by molar-refractivity contribution is 5.94. The number of Topliss-reactive ketones (excluding diaryl/α,β-unsaturated/α-hetero) is 1. The van der Waals surface area contributed by atoms with Gasteiger partial charge in [0, 0.05) is 38.4 Å². The summed E-state index contributed by atoms with van der Waals surface area (Å²) in [5, 5.41) is 28.5. The van der Waals surface area contributed by atoms with Crippen LogP contribution in [0.25, 0.3) is 0 Å². The summed E-state index contributed by atoms with van der Waals surface area (Å²) in [4.78, 5) is 71.8. The van der Waals surface area contributed by atoms with Crippen LogP contribution in [0.15, 0.2) is 71.8 Å². The van der Waals surface area contributed by atoms with Crippen molar-refractivity contribution in [1.82, 2.24) is 5.32 Å². The lowest BCUT2D eigenvalue weighted by Gasteiger charge is -2.68. The van der Waals surface area contributed by atoms with E-state index >= 15 is 4.79 Å². The molecule has 0 radical (unpaired) electrons. The van der Waals surface area contributed by atoms with Gasteiger partial charge in [-0.25, -0.2) is 14.4 Å². The lowest BCUT2D eigenvalue weighted by atomic mass is 9.44. The van der Waals surface area contributed by atoms with Crippen LogP contribution in [0.5, 0.6) is 0 Å². The Bertz CT molecular complexity index is 2160. The van der Waals surface area contributed by atoms with Crippen LogP contribution in [-0.4, -0.2) is 140 Å². The van der Waals surface area contributed by atoms with E-state index in [-0.39, 0.29) is 50.6 Å². The van der Waals surface area contributed by atoms with E-state index in [2.05, 4.69) is 5.32 Å². The highest BCUT2D eigenvalue weighted by Crippen LogP contribution is 2.65. The van der Waals surface area contributed by atoms with Gasteiger partial charge in [0.15, 0.2) is 17.5 Å². The van der Waals surface area contributed by atoms with Gasteiger partial charge < -0.3 is 58.2 Å². The molecule has 0 aromatic heterocycles. The fourth-order valence-electron chi connectivity index (χ4n) is 10.7. The molecular formula is C51H69NO16. The van der Waals surface area contributed by atoms with Gasteiger partial charge in [0.05, 0.1) is 62.1 Å². The van der Waals surface area contributed by atoms with Crippen molar-refractivity contribution in [3.8, 4) is 0 Å². The number of aliphatic hydroxyl groups is 2. The Kier molecular flexibility index (Phi) is 16.3. The van der Waals surface area contributed by atoms with E-state index in [0.717, 1.165) is 0 Å². The SMILES string of the molecule is CCOCCO[C@H]1C(=O)[C@]2(C)[C@@H](OCCOCC)C[C@H]3OC[C@@]3(OC(C)=O)[C@H]2[C@H](OC(=O)c2ccccc2)[C@]2(O)C[C@H](OC(=O)[C@H](O)[C@@H](NC(=O)OC(C)(C)C)c3ccccc3)C(C)=C1C2(C)C. The van der Waals surface area contributed by atoms with Crippen LogP contribution in [0.1, 0.15) is 104 Å². The number of ketones is 1. The fraction of sp³-hybridized carbons (Fsp3) is 0.627. The molecule has 3 fully saturated rings. The maximum absolute atomic E-state index is 16.2. The van der Waals surface area contributed by atoms with Gasteiger partial charge in [-0.05, 0) is 77.3 Å². The number of hydrogen-bond acceptors (Lipinski definition) is 16. The van der Waals surface area contributed by atoms with Gasteiger partial charge in [-0.1, -0.05) is 62.4 Å². The molecule has 2 bridgehead atoms. The number of rotatable bonds is 18. The number of alkyl carbamates (subject to hydrolysis) is 1. The van der Waals surface area contributed by atoms with Crippen LogP contribution in [-0.2, 0) is 57.0 Å². The molecule has 11 atom stereocenters. The second-order valence-electron chi connectivity index (χ2n) is 19.7. The summed E-state index contributed by atoms with van der Waals surface area (Å²) in [6.45, 7) is 17.4. The van der Waals surface area contributed by atoms with Crippen molar-refractivity contribution in [3.63, 3.8) is 0 Å². The molecule has 1 heterocycles. The minimum atomic E-state index is -2.29. The van der Waals surface area contributed by atoms with Gasteiger partial charge in [-0.2, -0.15) is 0 Å². The minimum absolute atomic E-state index is 0.0519. The molecular weight excluding hydrogens is 883 g/mol. The summed E-state index contributed by atoms with van der Waals surface area (Å²) in [5.41, 5.74) is -7.12. The number of fused-ring (bicyclic) bond motifs is 5. The molecule has 1 saturated heterocycles. The summed E-state index contributed by atoms with van der Waals surface area (Å²) >= 11 is 0. The van der Waals surface area contributed by atoms with Crippen molar-refractivity contribution < 1.29 is 76.8 Å². The second kappa shape index (κ2) is 21.1. The van der Waals surface area contributed by atoms with Gasteiger partial charge >= 0.3 is 24.0 Å². The van der Waals surface area contributed by atoms with Crippen LogP contribution < -0.4 is 5.32 Å². The number of esters is 3. The van der Waals surface area contributed by atoms with Crippen molar-refractivity contribution in [2.75, 3.05) is 46.2 Å². The zero-order chi connectivity index (χ0) is 49.8. The summed E-state index contributed by atoms with van der Waals surface area (Å²) in [7, 11) is 0. The van der Waals surface area contributed by atoms with E-state index in [0.29, 0.717) is 24.4 Å². The normalized spacial score (nSPS) is 30.5. The van der Waals surface area contributed by atoms with E-state index in [9.17, 15) is 29.4 Å². The van der Waals surface area contributed by atoms with E-state index < -0.39 is 112 Å². The quantitative estimate of drug-likeness (QED) is 0.0739. The van der Waals surface area contributed by atoms with Gasteiger partial charge in [-0.3, -0.25) is 9.59 Å². The topological polar surface area (TPSA) is 221 Å². The van der Waals surface area contributed by atoms with Crippen LogP contribution in [0, 0.1) is 16.7 Å². The lowest BCUT2D eigenvalue weighted by Crippen LogP contribution is -2.82. The smallest absolute Gasteiger partial charge is 0.408 e. The van der Waals surface area contributed by atoms with Crippen LogP contribution in [0.3, 0.4) is 0 Å². The number of aliphatic hydroxyl groups excluding tert-OH is 1. The Morgan fingerprint density at radius 2 is 1.49 bits per heavy atom. The first-order valence-electron chi connectivity index (χ1n) is 23.4. The maximum atomic E-state index is 16.2. The zero-order valence-corrected chi connectivity index (χ0v) is 40.9. The third-order valence-corrected chi connectivity index (χ3v) is 14.0. The molecule has 17 nitrogen and oxygen atoms in total. The van der Waals surface area contributed by atoms with Crippen LogP contribution in [0.2, 0.25) is 0 Å². The average molecular weight is 952 g/mol. The molecule has 2 aromatic carbocycles. The number of nitrogens with one attached hydrogen (secondary N) is 1. The van der Waals surface area contributed by atoms with Gasteiger partial charge in [-0.15, -0.1) is 0 Å². The fourth-order valence-corrected chi connectivity index (χ4v) is 10.7. The molecule has 1 amide bonds. The molecule has 68 heavy (non-hydrogen) atoms. The molecule has 374 valence electrons. The van der Waals surface area contributed by atoms with Crippen molar-refractivity contribution in [2.24, 2.45) is 16.7 Å². The molecule has 0 unspecified atom stereocenters. The van der Waals surface area contributed by atoms with Gasteiger partial charge in [0.1, 0.15) is 35.6 Å². The Balaban J connectivity index is 1.56. The van der Waals surface area contributed by atoms with Crippen LogP contribution >= 0.6 is 0 Å².